The lowest BCUT2D eigenvalue weighted by atomic mass is 9.99. The van der Waals surface area contributed by atoms with E-state index in [4.69, 9.17) is 4.74 Å². The third-order valence-corrected chi connectivity index (χ3v) is 4.69. The second-order valence-electron chi connectivity index (χ2n) is 4.16. The quantitative estimate of drug-likeness (QED) is 0.539. The molecular formula is C11H20O3S. The van der Waals surface area contributed by atoms with Crippen molar-refractivity contribution in [1.82, 2.24) is 0 Å². The summed E-state index contributed by atoms with van der Waals surface area (Å²) in [6, 6.07) is 0. The summed E-state index contributed by atoms with van der Waals surface area (Å²) in [4.78, 5) is 0. The van der Waals surface area contributed by atoms with Crippen LogP contribution < -0.4 is 0 Å². The van der Waals surface area contributed by atoms with Crippen molar-refractivity contribution in [2.45, 2.75) is 32.1 Å². The van der Waals surface area contributed by atoms with Crippen LogP contribution in [0.3, 0.4) is 0 Å². The van der Waals surface area contributed by atoms with E-state index in [1.807, 2.05) is 0 Å². The Labute approximate surface area is 92.4 Å². The van der Waals surface area contributed by atoms with Crippen molar-refractivity contribution in [2.75, 3.05) is 18.1 Å². The molecule has 0 bridgehead atoms. The normalized spacial score (nSPS) is 25.5. The Hall–Kier alpha value is -0.510. The molecule has 4 heteroatoms. The molecule has 0 aromatic heterocycles. The summed E-state index contributed by atoms with van der Waals surface area (Å²) in [6.07, 6.45) is 6.24. The first-order chi connectivity index (χ1) is 7.14. The molecule has 1 saturated heterocycles. The highest BCUT2D eigenvalue weighted by atomic mass is 32.2. The summed E-state index contributed by atoms with van der Waals surface area (Å²) in [6.45, 7) is 4.12. The summed E-state index contributed by atoms with van der Waals surface area (Å²) in [5.74, 6) is 1.10. The second-order valence-corrected chi connectivity index (χ2v) is 6.38. The van der Waals surface area contributed by atoms with Gasteiger partial charge in [-0.1, -0.05) is 13.0 Å². The molecule has 15 heavy (non-hydrogen) atoms. The maximum Gasteiger partial charge on any atom is 0.150 e. The van der Waals surface area contributed by atoms with Gasteiger partial charge in [0.1, 0.15) is 0 Å². The van der Waals surface area contributed by atoms with E-state index in [9.17, 15) is 8.42 Å². The number of hydrogen-bond donors (Lipinski definition) is 0. The van der Waals surface area contributed by atoms with Gasteiger partial charge in [0.15, 0.2) is 9.84 Å². The van der Waals surface area contributed by atoms with E-state index in [1.54, 1.807) is 0 Å². The Balaban J connectivity index is 2.30. The summed E-state index contributed by atoms with van der Waals surface area (Å²) in [5, 5.41) is 0. The highest BCUT2D eigenvalue weighted by molar-refractivity contribution is 7.91. The van der Waals surface area contributed by atoms with Crippen LogP contribution in [0, 0.1) is 5.92 Å². The maximum absolute atomic E-state index is 11.5. The van der Waals surface area contributed by atoms with E-state index in [1.165, 1.54) is 6.26 Å². The zero-order valence-corrected chi connectivity index (χ0v) is 9.97. The molecule has 1 atom stereocenters. The Bertz CT molecular complexity index is 282. The van der Waals surface area contributed by atoms with E-state index >= 15 is 0 Å². The first-order valence-corrected chi connectivity index (χ1v) is 7.39. The van der Waals surface area contributed by atoms with Crippen molar-refractivity contribution in [3.8, 4) is 0 Å². The smallest absolute Gasteiger partial charge is 0.150 e. The van der Waals surface area contributed by atoms with E-state index in [2.05, 4.69) is 6.58 Å². The summed E-state index contributed by atoms with van der Waals surface area (Å²) < 4.78 is 28.1. The molecule has 0 spiro atoms. The van der Waals surface area contributed by atoms with Crippen LogP contribution >= 0.6 is 0 Å². The molecule has 1 rings (SSSR count). The molecule has 0 aromatic rings. The Kier molecular flexibility index (Phi) is 5.15. The van der Waals surface area contributed by atoms with Gasteiger partial charge in [0.2, 0.25) is 0 Å². The number of hydrogen-bond acceptors (Lipinski definition) is 3. The van der Waals surface area contributed by atoms with Crippen LogP contribution in [0.1, 0.15) is 32.1 Å². The predicted octanol–water partition coefficient (Wildman–Crippen LogP) is 2.14. The fraction of sp³-hybridized carbons (Fsp3) is 0.818. The minimum absolute atomic E-state index is 0.339. The topological polar surface area (TPSA) is 43.4 Å². The van der Waals surface area contributed by atoms with E-state index in [-0.39, 0.29) is 0 Å². The Morgan fingerprint density at radius 2 is 2.20 bits per heavy atom. The molecule has 0 amide bonds. The van der Waals surface area contributed by atoms with E-state index in [0.717, 1.165) is 32.1 Å². The van der Waals surface area contributed by atoms with E-state index in [0.29, 0.717) is 24.0 Å². The lowest BCUT2D eigenvalue weighted by Gasteiger charge is -2.12. The van der Waals surface area contributed by atoms with Gasteiger partial charge in [-0.3, -0.25) is 0 Å². The number of sulfone groups is 1. The molecule has 1 aliphatic heterocycles. The van der Waals surface area contributed by atoms with Crippen LogP contribution in [-0.2, 0) is 14.6 Å². The van der Waals surface area contributed by atoms with Gasteiger partial charge in [-0.15, -0.1) is 0 Å². The van der Waals surface area contributed by atoms with Crippen molar-refractivity contribution in [3.63, 3.8) is 0 Å². The van der Waals surface area contributed by atoms with Crippen LogP contribution in [0.4, 0.5) is 0 Å². The molecule has 0 saturated carbocycles. The molecule has 1 fully saturated rings. The van der Waals surface area contributed by atoms with Crippen molar-refractivity contribution in [3.05, 3.63) is 12.8 Å². The standard InChI is InChI=1S/C11H20O3S/c1-2-14-8-5-7-11-6-3-4-9-15(12,13)10-11/h2,11H,1,3-10H2. The van der Waals surface area contributed by atoms with Crippen molar-refractivity contribution < 1.29 is 13.2 Å². The molecule has 3 nitrogen and oxygen atoms in total. The zero-order valence-electron chi connectivity index (χ0n) is 9.15. The lowest BCUT2D eigenvalue weighted by Crippen LogP contribution is -2.16. The molecule has 88 valence electrons. The lowest BCUT2D eigenvalue weighted by molar-refractivity contribution is 0.234. The third-order valence-electron chi connectivity index (χ3n) is 2.80. The molecule has 0 radical (unpaired) electrons. The van der Waals surface area contributed by atoms with Gasteiger partial charge < -0.3 is 4.74 Å². The fourth-order valence-electron chi connectivity index (χ4n) is 2.05. The molecule has 0 N–H and O–H groups in total. The number of ether oxygens (including phenoxy) is 1. The van der Waals surface area contributed by atoms with Gasteiger partial charge in [0, 0.05) is 0 Å². The molecule has 1 aliphatic rings. The predicted molar refractivity (Wildman–Crippen MR) is 61.4 cm³/mol. The molecule has 0 aliphatic carbocycles. The van der Waals surface area contributed by atoms with Gasteiger partial charge in [-0.25, -0.2) is 8.42 Å². The molecular weight excluding hydrogens is 212 g/mol. The SMILES string of the molecule is C=COCCCC1CCCCS(=O)(=O)C1. The minimum atomic E-state index is -2.77. The average molecular weight is 232 g/mol. The molecule has 1 unspecified atom stereocenters. The maximum atomic E-state index is 11.5. The summed E-state index contributed by atoms with van der Waals surface area (Å²) >= 11 is 0. The molecule has 1 heterocycles. The highest BCUT2D eigenvalue weighted by Crippen LogP contribution is 2.22. The summed E-state index contributed by atoms with van der Waals surface area (Å²) in [5.41, 5.74) is 0. The van der Waals surface area contributed by atoms with Crippen LogP contribution in [0.25, 0.3) is 0 Å². The second kappa shape index (κ2) is 6.16. The Morgan fingerprint density at radius 3 is 2.93 bits per heavy atom. The third kappa shape index (κ3) is 5.21. The fourth-order valence-corrected chi connectivity index (χ4v) is 3.91. The first kappa shape index (κ1) is 12.6. The van der Waals surface area contributed by atoms with Crippen LogP contribution in [0.5, 0.6) is 0 Å². The van der Waals surface area contributed by atoms with Gasteiger partial charge in [0.05, 0.1) is 24.4 Å². The van der Waals surface area contributed by atoms with Gasteiger partial charge in [-0.2, -0.15) is 0 Å². The van der Waals surface area contributed by atoms with Crippen molar-refractivity contribution in [1.29, 1.82) is 0 Å². The van der Waals surface area contributed by atoms with Gasteiger partial charge in [-0.05, 0) is 31.6 Å². The highest BCUT2D eigenvalue weighted by Gasteiger charge is 2.22. The number of rotatable bonds is 5. The first-order valence-electron chi connectivity index (χ1n) is 5.57. The van der Waals surface area contributed by atoms with Crippen LogP contribution in [0.15, 0.2) is 12.8 Å². The van der Waals surface area contributed by atoms with Crippen molar-refractivity contribution in [2.24, 2.45) is 5.92 Å². The Morgan fingerprint density at radius 1 is 1.40 bits per heavy atom. The molecule has 0 aromatic carbocycles. The monoisotopic (exact) mass is 232 g/mol. The van der Waals surface area contributed by atoms with Crippen LogP contribution in [-0.4, -0.2) is 26.5 Å². The van der Waals surface area contributed by atoms with Crippen LogP contribution in [0.2, 0.25) is 0 Å². The minimum Gasteiger partial charge on any atom is -0.502 e. The largest absolute Gasteiger partial charge is 0.502 e. The zero-order chi connectivity index (χ0) is 11.1. The average Bonchev–Trinajstić information content (AvgIpc) is 2.34. The van der Waals surface area contributed by atoms with Crippen molar-refractivity contribution >= 4 is 9.84 Å². The van der Waals surface area contributed by atoms with Gasteiger partial charge in [0.25, 0.3) is 0 Å². The van der Waals surface area contributed by atoms with Gasteiger partial charge >= 0.3 is 0 Å². The van der Waals surface area contributed by atoms with E-state index < -0.39 is 9.84 Å². The summed E-state index contributed by atoms with van der Waals surface area (Å²) in [7, 11) is -2.77.